The number of halogens is 1. The minimum absolute atomic E-state index is 0. The van der Waals surface area contributed by atoms with E-state index in [0.717, 1.165) is 12.2 Å². The number of nitrogens with one attached hydrogen (secondary N) is 2. The Balaban J connectivity index is 0.00000264. The van der Waals surface area contributed by atoms with E-state index in [1.54, 1.807) is 7.05 Å². The summed E-state index contributed by atoms with van der Waals surface area (Å²) < 4.78 is 28.0. The van der Waals surface area contributed by atoms with Crippen molar-refractivity contribution in [2.75, 3.05) is 32.1 Å². The zero-order valence-electron chi connectivity index (χ0n) is 13.4. The van der Waals surface area contributed by atoms with Crippen LogP contribution in [0.25, 0.3) is 0 Å². The molecule has 1 aliphatic heterocycles. The third kappa shape index (κ3) is 6.94. The average Bonchev–Trinajstić information content (AvgIpc) is 2.88. The highest BCUT2D eigenvalue weighted by Gasteiger charge is 2.22. The molecule has 0 amide bonds. The molecule has 130 valence electrons. The van der Waals surface area contributed by atoms with Gasteiger partial charge in [0, 0.05) is 26.3 Å². The SMILES string of the molecule is CN=C(NCCCS(C)(=O)=O)NCC1Cc2ccccc2O1.I. The molecule has 1 atom stereocenters. The third-order valence-electron chi connectivity index (χ3n) is 3.42. The van der Waals surface area contributed by atoms with Gasteiger partial charge in [0.15, 0.2) is 5.96 Å². The molecular weight excluding hydrogens is 429 g/mol. The van der Waals surface area contributed by atoms with Crippen molar-refractivity contribution in [2.24, 2.45) is 4.99 Å². The van der Waals surface area contributed by atoms with Gasteiger partial charge in [0.25, 0.3) is 0 Å². The van der Waals surface area contributed by atoms with Gasteiger partial charge in [-0.2, -0.15) is 0 Å². The highest BCUT2D eigenvalue weighted by atomic mass is 127. The lowest BCUT2D eigenvalue weighted by molar-refractivity contribution is 0.235. The van der Waals surface area contributed by atoms with E-state index >= 15 is 0 Å². The maximum Gasteiger partial charge on any atom is 0.191 e. The van der Waals surface area contributed by atoms with Gasteiger partial charge in [-0.25, -0.2) is 8.42 Å². The minimum atomic E-state index is -2.91. The van der Waals surface area contributed by atoms with Crippen LogP contribution in [-0.4, -0.2) is 52.6 Å². The molecule has 23 heavy (non-hydrogen) atoms. The summed E-state index contributed by atoms with van der Waals surface area (Å²) in [5.74, 6) is 1.79. The van der Waals surface area contributed by atoms with Gasteiger partial charge in [-0.15, -0.1) is 24.0 Å². The summed E-state index contributed by atoms with van der Waals surface area (Å²) in [6.07, 6.45) is 2.78. The van der Waals surface area contributed by atoms with Crippen LogP contribution in [-0.2, 0) is 16.3 Å². The molecule has 0 fully saturated rings. The number of rotatable bonds is 6. The van der Waals surface area contributed by atoms with Crippen LogP contribution in [0.1, 0.15) is 12.0 Å². The van der Waals surface area contributed by atoms with Crippen molar-refractivity contribution >= 4 is 39.8 Å². The maximum absolute atomic E-state index is 11.1. The molecule has 1 aliphatic rings. The second-order valence-corrected chi connectivity index (χ2v) is 7.67. The Kier molecular flexibility index (Phi) is 8.10. The lowest BCUT2D eigenvalue weighted by Crippen LogP contribution is -2.42. The van der Waals surface area contributed by atoms with Crippen molar-refractivity contribution in [3.05, 3.63) is 29.8 Å². The van der Waals surface area contributed by atoms with E-state index in [4.69, 9.17) is 4.74 Å². The molecule has 0 bridgehead atoms. The fourth-order valence-corrected chi connectivity index (χ4v) is 3.01. The molecular formula is C15H24IN3O3S. The first-order valence-corrected chi connectivity index (χ1v) is 9.41. The van der Waals surface area contributed by atoms with Gasteiger partial charge >= 0.3 is 0 Å². The van der Waals surface area contributed by atoms with Crippen LogP contribution in [0.15, 0.2) is 29.3 Å². The lowest BCUT2D eigenvalue weighted by atomic mass is 10.1. The number of sulfone groups is 1. The van der Waals surface area contributed by atoms with Crippen LogP contribution in [0.2, 0.25) is 0 Å². The Morgan fingerprint density at radius 3 is 2.74 bits per heavy atom. The van der Waals surface area contributed by atoms with E-state index in [1.165, 1.54) is 11.8 Å². The van der Waals surface area contributed by atoms with Gasteiger partial charge in [-0.05, 0) is 18.1 Å². The Morgan fingerprint density at radius 2 is 2.09 bits per heavy atom. The molecule has 0 spiro atoms. The summed E-state index contributed by atoms with van der Waals surface area (Å²) in [6.45, 7) is 1.22. The van der Waals surface area contributed by atoms with Gasteiger partial charge in [0.1, 0.15) is 21.7 Å². The predicted molar refractivity (Wildman–Crippen MR) is 104 cm³/mol. The predicted octanol–water partition coefficient (Wildman–Crippen LogP) is 1.21. The fraction of sp³-hybridized carbons (Fsp3) is 0.533. The number of hydrogen-bond acceptors (Lipinski definition) is 4. The smallest absolute Gasteiger partial charge is 0.191 e. The molecule has 1 unspecified atom stereocenters. The van der Waals surface area contributed by atoms with Crippen LogP contribution in [0, 0.1) is 0 Å². The zero-order valence-corrected chi connectivity index (χ0v) is 16.6. The molecule has 2 rings (SSSR count). The number of ether oxygens (including phenoxy) is 1. The maximum atomic E-state index is 11.1. The Bertz CT molecular complexity index is 610. The van der Waals surface area contributed by atoms with E-state index in [9.17, 15) is 8.42 Å². The van der Waals surface area contributed by atoms with Crippen LogP contribution in [0.5, 0.6) is 5.75 Å². The third-order valence-corrected chi connectivity index (χ3v) is 4.45. The number of nitrogens with zero attached hydrogens (tertiary/aromatic N) is 1. The van der Waals surface area contributed by atoms with Crippen LogP contribution >= 0.6 is 24.0 Å². The molecule has 0 aromatic heterocycles. The molecule has 0 aliphatic carbocycles. The summed E-state index contributed by atoms with van der Waals surface area (Å²) in [4.78, 5) is 4.12. The van der Waals surface area contributed by atoms with Crippen LogP contribution in [0.3, 0.4) is 0 Å². The summed E-state index contributed by atoms with van der Waals surface area (Å²) in [7, 11) is -1.21. The number of fused-ring (bicyclic) bond motifs is 1. The van der Waals surface area contributed by atoms with E-state index in [0.29, 0.717) is 25.5 Å². The van der Waals surface area contributed by atoms with Crippen molar-refractivity contribution in [3.8, 4) is 5.75 Å². The number of benzene rings is 1. The quantitative estimate of drug-likeness (QED) is 0.293. The summed E-state index contributed by atoms with van der Waals surface area (Å²) in [5, 5.41) is 6.31. The monoisotopic (exact) mass is 453 g/mol. The van der Waals surface area contributed by atoms with Crippen molar-refractivity contribution in [2.45, 2.75) is 18.9 Å². The van der Waals surface area contributed by atoms with Crippen molar-refractivity contribution < 1.29 is 13.2 Å². The molecule has 1 heterocycles. The molecule has 0 saturated carbocycles. The van der Waals surface area contributed by atoms with E-state index in [1.807, 2.05) is 18.2 Å². The van der Waals surface area contributed by atoms with Crippen molar-refractivity contribution in [1.29, 1.82) is 0 Å². The second kappa shape index (κ2) is 9.31. The number of para-hydroxylation sites is 1. The fourth-order valence-electron chi connectivity index (χ4n) is 2.34. The Morgan fingerprint density at radius 1 is 1.35 bits per heavy atom. The summed E-state index contributed by atoms with van der Waals surface area (Å²) >= 11 is 0. The number of hydrogen-bond donors (Lipinski definition) is 2. The van der Waals surface area contributed by atoms with Crippen LogP contribution < -0.4 is 15.4 Å². The molecule has 1 aromatic rings. The van der Waals surface area contributed by atoms with Crippen molar-refractivity contribution in [3.63, 3.8) is 0 Å². The van der Waals surface area contributed by atoms with Gasteiger partial charge in [0.2, 0.25) is 0 Å². The van der Waals surface area contributed by atoms with Gasteiger partial charge in [-0.3, -0.25) is 4.99 Å². The Hall–Kier alpha value is -1.03. The molecule has 2 N–H and O–H groups in total. The molecule has 6 nitrogen and oxygen atoms in total. The van der Waals surface area contributed by atoms with E-state index < -0.39 is 9.84 Å². The average molecular weight is 453 g/mol. The normalized spacial score (nSPS) is 17.0. The molecule has 0 saturated heterocycles. The van der Waals surface area contributed by atoms with Gasteiger partial charge in [-0.1, -0.05) is 18.2 Å². The first-order chi connectivity index (χ1) is 10.5. The number of guanidine groups is 1. The van der Waals surface area contributed by atoms with Crippen LogP contribution in [0.4, 0.5) is 0 Å². The number of aliphatic imine (C=N–C) groups is 1. The highest BCUT2D eigenvalue weighted by molar-refractivity contribution is 14.0. The van der Waals surface area contributed by atoms with Gasteiger partial charge < -0.3 is 15.4 Å². The first-order valence-electron chi connectivity index (χ1n) is 7.35. The molecule has 0 radical (unpaired) electrons. The van der Waals surface area contributed by atoms with Gasteiger partial charge in [0.05, 0.1) is 12.3 Å². The van der Waals surface area contributed by atoms with Crippen molar-refractivity contribution in [1.82, 2.24) is 10.6 Å². The first kappa shape index (κ1) is 20.0. The summed E-state index contributed by atoms with van der Waals surface area (Å²) in [6, 6.07) is 8.04. The van der Waals surface area contributed by atoms with E-state index in [-0.39, 0.29) is 35.8 Å². The summed E-state index contributed by atoms with van der Waals surface area (Å²) in [5.41, 5.74) is 1.23. The van der Waals surface area contributed by atoms with E-state index in [2.05, 4.69) is 21.7 Å². The molecule has 1 aromatic carbocycles. The highest BCUT2D eigenvalue weighted by Crippen LogP contribution is 2.27. The standard InChI is InChI=1S/C15H23N3O3S.HI/c1-16-15(17-8-5-9-22(2,19)20)18-11-13-10-12-6-3-4-7-14(12)21-13;/h3-4,6-7,13H,5,8-11H2,1-2H3,(H2,16,17,18);1H. The molecule has 8 heteroatoms. The zero-order chi connectivity index (χ0) is 16.0. The Labute approximate surface area is 155 Å². The minimum Gasteiger partial charge on any atom is -0.488 e. The second-order valence-electron chi connectivity index (χ2n) is 5.42. The lowest BCUT2D eigenvalue weighted by Gasteiger charge is -2.15. The topological polar surface area (TPSA) is 79.8 Å². The largest absolute Gasteiger partial charge is 0.488 e.